The van der Waals surface area contributed by atoms with Crippen LogP contribution in [0.4, 0.5) is 0 Å². The first kappa shape index (κ1) is 11.4. The number of nitrogens with zero attached hydrogens (tertiary/aromatic N) is 2. The second-order valence-electron chi connectivity index (χ2n) is 4.36. The lowest BCUT2D eigenvalue weighted by Crippen LogP contribution is -2.14. The predicted octanol–water partition coefficient (Wildman–Crippen LogP) is 2.52. The van der Waals surface area contributed by atoms with Gasteiger partial charge in [0.2, 0.25) is 0 Å². The Labute approximate surface area is 108 Å². The molecule has 6 heteroatoms. The van der Waals surface area contributed by atoms with Crippen molar-refractivity contribution in [2.45, 2.75) is 32.8 Å². The highest BCUT2D eigenvalue weighted by Gasteiger charge is 2.25. The lowest BCUT2D eigenvalue weighted by Gasteiger charge is -2.06. The number of oxime groups is 1. The third-order valence-electron chi connectivity index (χ3n) is 3.09. The van der Waals surface area contributed by atoms with E-state index in [9.17, 15) is 4.79 Å². The molecule has 1 N–H and O–H groups in total. The maximum absolute atomic E-state index is 12.0. The van der Waals surface area contributed by atoms with Crippen LogP contribution >= 0.6 is 11.3 Å². The number of fused-ring (bicyclic) bond motifs is 1. The van der Waals surface area contributed by atoms with E-state index >= 15 is 0 Å². The van der Waals surface area contributed by atoms with Gasteiger partial charge in [-0.3, -0.25) is 4.79 Å². The van der Waals surface area contributed by atoms with Gasteiger partial charge in [-0.25, -0.2) is 4.98 Å². The summed E-state index contributed by atoms with van der Waals surface area (Å²) < 4.78 is 0. The molecule has 0 fully saturated rings. The van der Waals surface area contributed by atoms with E-state index in [1.807, 2.05) is 19.2 Å². The van der Waals surface area contributed by atoms with Crippen LogP contribution in [0.2, 0.25) is 0 Å². The normalized spacial score (nSPS) is 19.0. The summed E-state index contributed by atoms with van der Waals surface area (Å²) in [6, 6.07) is 0. The number of thiophene rings is 1. The molecule has 5 nitrogen and oxygen atoms in total. The molecule has 0 aromatic carbocycles. The Morgan fingerprint density at radius 2 is 2.44 bits per heavy atom. The molecule has 1 aliphatic heterocycles. The molecule has 0 saturated carbocycles. The van der Waals surface area contributed by atoms with E-state index < -0.39 is 0 Å². The van der Waals surface area contributed by atoms with Gasteiger partial charge >= 0.3 is 0 Å². The minimum absolute atomic E-state index is 0.0951. The van der Waals surface area contributed by atoms with Crippen LogP contribution in [0.15, 0.2) is 15.3 Å². The van der Waals surface area contributed by atoms with Crippen LogP contribution in [0.25, 0.3) is 10.2 Å². The van der Waals surface area contributed by atoms with E-state index in [0.717, 1.165) is 22.5 Å². The van der Waals surface area contributed by atoms with Gasteiger partial charge in [0.25, 0.3) is 5.56 Å². The van der Waals surface area contributed by atoms with Crippen LogP contribution in [0.1, 0.15) is 37.3 Å². The van der Waals surface area contributed by atoms with Crippen molar-refractivity contribution in [3.8, 4) is 0 Å². The average Bonchev–Trinajstić information content (AvgIpc) is 2.96. The summed E-state index contributed by atoms with van der Waals surface area (Å²) in [6.07, 6.45) is 1.32. The molecule has 94 valence electrons. The van der Waals surface area contributed by atoms with Crippen LogP contribution in [0, 0.1) is 6.92 Å². The second kappa shape index (κ2) is 4.20. The van der Waals surface area contributed by atoms with Gasteiger partial charge < -0.3 is 9.82 Å². The Balaban J connectivity index is 2.02. The summed E-state index contributed by atoms with van der Waals surface area (Å²) in [5, 5.41) is 6.61. The van der Waals surface area contributed by atoms with Gasteiger partial charge in [0.15, 0.2) is 11.9 Å². The topological polar surface area (TPSA) is 67.3 Å². The molecule has 1 atom stereocenters. The molecule has 2 aromatic heterocycles. The number of nitrogens with one attached hydrogen (secondary N) is 1. The number of aromatic nitrogens is 2. The summed E-state index contributed by atoms with van der Waals surface area (Å²) in [6.45, 7) is 3.95. The van der Waals surface area contributed by atoms with E-state index in [1.54, 1.807) is 0 Å². The smallest absolute Gasteiger partial charge is 0.260 e. The van der Waals surface area contributed by atoms with Gasteiger partial charge in [0, 0.05) is 6.42 Å². The van der Waals surface area contributed by atoms with Gasteiger partial charge in [-0.2, -0.15) is 0 Å². The van der Waals surface area contributed by atoms with Crippen molar-refractivity contribution in [1.29, 1.82) is 0 Å². The molecule has 3 heterocycles. The van der Waals surface area contributed by atoms with Crippen LogP contribution in [0.3, 0.4) is 0 Å². The van der Waals surface area contributed by atoms with Crippen molar-refractivity contribution in [3.63, 3.8) is 0 Å². The number of H-pyrrole nitrogens is 1. The molecular weight excluding hydrogens is 250 g/mol. The van der Waals surface area contributed by atoms with Crippen molar-refractivity contribution in [2.24, 2.45) is 5.16 Å². The van der Waals surface area contributed by atoms with Crippen molar-refractivity contribution >= 4 is 27.3 Å². The Morgan fingerprint density at radius 1 is 1.61 bits per heavy atom. The van der Waals surface area contributed by atoms with E-state index in [0.29, 0.717) is 17.6 Å². The number of hydrogen-bond acceptors (Lipinski definition) is 5. The molecule has 0 spiro atoms. The zero-order valence-corrected chi connectivity index (χ0v) is 11.0. The highest BCUT2D eigenvalue weighted by atomic mass is 32.1. The zero-order chi connectivity index (χ0) is 12.7. The maximum atomic E-state index is 12.0. The summed E-state index contributed by atoms with van der Waals surface area (Å²) in [7, 11) is 0. The van der Waals surface area contributed by atoms with Gasteiger partial charge in [-0.05, 0) is 24.3 Å². The third-order valence-corrected chi connectivity index (χ3v) is 4.08. The maximum Gasteiger partial charge on any atom is 0.260 e. The zero-order valence-electron chi connectivity index (χ0n) is 10.2. The molecule has 0 bridgehead atoms. The minimum atomic E-state index is -0.251. The third kappa shape index (κ3) is 1.73. The highest BCUT2D eigenvalue weighted by molar-refractivity contribution is 7.16. The molecule has 2 aromatic rings. The largest absolute Gasteiger partial charge is 0.384 e. The quantitative estimate of drug-likeness (QED) is 0.905. The van der Waals surface area contributed by atoms with Gasteiger partial charge in [-0.15, -0.1) is 11.3 Å². The summed E-state index contributed by atoms with van der Waals surface area (Å²) in [5.41, 5.74) is 1.88. The van der Waals surface area contributed by atoms with E-state index in [2.05, 4.69) is 15.1 Å². The van der Waals surface area contributed by atoms with Gasteiger partial charge in [0.1, 0.15) is 4.83 Å². The van der Waals surface area contributed by atoms with Crippen LogP contribution in [0.5, 0.6) is 0 Å². The fourth-order valence-electron chi connectivity index (χ4n) is 2.04. The summed E-state index contributed by atoms with van der Waals surface area (Å²) in [5.74, 6) is 0.571. The van der Waals surface area contributed by atoms with Crippen molar-refractivity contribution in [2.75, 3.05) is 0 Å². The predicted molar refractivity (Wildman–Crippen MR) is 71.1 cm³/mol. The number of hydrogen-bond donors (Lipinski definition) is 1. The fourth-order valence-corrected chi connectivity index (χ4v) is 2.97. The number of rotatable bonds is 2. The van der Waals surface area contributed by atoms with E-state index in [1.165, 1.54) is 11.3 Å². The lowest BCUT2D eigenvalue weighted by molar-refractivity contribution is 0.0792. The molecule has 0 aliphatic carbocycles. The first-order valence-electron chi connectivity index (χ1n) is 5.88. The fraction of sp³-hybridized carbons (Fsp3) is 0.417. The monoisotopic (exact) mass is 263 g/mol. The molecule has 1 unspecified atom stereocenters. The Kier molecular flexibility index (Phi) is 2.66. The van der Waals surface area contributed by atoms with E-state index in [-0.39, 0.29) is 11.7 Å². The number of aryl methyl sites for hydroxylation is 1. The molecule has 18 heavy (non-hydrogen) atoms. The molecule has 3 rings (SSSR count). The number of aromatic amines is 1. The molecule has 1 aliphatic rings. The average molecular weight is 263 g/mol. The molecule has 0 radical (unpaired) electrons. The standard InChI is InChI=1S/C12H13N3O2S/c1-3-7-4-8(17-15-7)10-13-11(16)9-6(2)5-18-12(9)14-10/h5,8H,3-4H2,1-2H3,(H,13,14,16). The van der Waals surface area contributed by atoms with Crippen LogP contribution < -0.4 is 5.56 Å². The van der Waals surface area contributed by atoms with Gasteiger partial charge in [0.05, 0.1) is 11.1 Å². The van der Waals surface area contributed by atoms with Crippen molar-refractivity contribution < 1.29 is 4.84 Å². The summed E-state index contributed by atoms with van der Waals surface area (Å²) >= 11 is 1.48. The van der Waals surface area contributed by atoms with Crippen molar-refractivity contribution in [3.05, 3.63) is 27.1 Å². The molecular formula is C12H13N3O2S. The van der Waals surface area contributed by atoms with Crippen LogP contribution in [-0.4, -0.2) is 15.7 Å². The SMILES string of the molecule is CCC1=NOC(c2nc3scc(C)c3c(=O)[nH]2)C1. The first-order valence-corrected chi connectivity index (χ1v) is 6.76. The Bertz CT molecular complexity index is 686. The van der Waals surface area contributed by atoms with Crippen molar-refractivity contribution in [1.82, 2.24) is 9.97 Å². The summed E-state index contributed by atoms with van der Waals surface area (Å²) in [4.78, 5) is 25.4. The Morgan fingerprint density at radius 3 is 3.17 bits per heavy atom. The highest BCUT2D eigenvalue weighted by Crippen LogP contribution is 2.27. The van der Waals surface area contributed by atoms with E-state index in [4.69, 9.17) is 4.84 Å². The second-order valence-corrected chi connectivity index (χ2v) is 5.22. The molecule has 0 saturated heterocycles. The lowest BCUT2D eigenvalue weighted by atomic mass is 10.1. The minimum Gasteiger partial charge on any atom is -0.384 e. The first-order chi connectivity index (χ1) is 8.69. The molecule has 0 amide bonds. The Hall–Kier alpha value is -1.69. The van der Waals surface area contributed by atoms with Crippen LogP contribution in [-0.2, 0) is 4.84 Å². The van der Waals surface area contributed by atoms with Gasteiger partial charge in [-0.1, -0.05) is 12.1 Å².